The zero-order valence-corrected chi connectivity index (χ0v) is 11.9. The van der Waals surface area contributed by atoms with Crippen LogP contribution in [0.25, 0.3) is 11.3 Å². The van der Waals surface area contributed by atoms with Crippen LogP contribution >= 0.6 is 11.6 Å². The molecule has 3 rings (SSSR count). The molecule has 2 N–H and O–H groups in total. The van der Waals surface area contributed by atoms with Gasteiger partial charge in [0.15, 0.2) is 0 Å². The summed E-state index contributed by atoms with van der Waals surface area (Å²) in [6.07, 6.45) is 1.76. The summed E-state index contributed by atoms with van der Waals surface area (Å²) in [5.74, 6) is -0.282. The van der Waals surface area contributed by atoms with Gasteiger partial charge in [0.25, 0.3) is 0 Å². The second-order valence-electron chi connectivity index (χ2n) is 4.77. The second kappa shape index (κ2) is 5.58. The highest BCUT2D eigenvalue weighted by atomic mass is 35.5. The molecule has 0 aliphatic rings. The van der Waals surface area contributed by atoms with Crippen LogP contribution in [0.1, 0.15) is 5.56 Å². The third-order valence-electron chi connectivity index (χ3n) is 3.14. The Labute approximate surface area is 126 Å². The third kappa shape index (κ3) is 3.06. The van der Waals surface area contributed by atoms with Crippen molar-refractivity contribution < 1.29 is 4.39 Å². The van der Waals surface area contributed by atoms with Gasteiger partial charge in [-0.1, -0.05) is 23.7 Å². The summed E-state index contributed by atoms with van der Waals surface area (Å²) < 4.78 is 14.7. The molecule has 0 unspecified atom stereocenters. The Kier molecular flexibility index (Phi) is 3.62. The lowest BCUT2D eigenvalue weighted by Crippen LogP contribution is -2.00. The van der Waals surface area contributed by atoms with Gasteiger partial charge in [0.2, 0.25) is 0 Å². The van der Waals surface area contributed by atoms with Gasteiger partial charge in [-0.25, -0.2) is 4.39 Å². The van der Waals surface area contributed by atoms with Crippen molar-refractivity contribution >= 4 is 17.3 Å². The zero-order valence-electron chi connectivity index (χ0n) is 11.1. The first-order valence-electron chi connectivity index (χ1n) is 6.45. The van der Waals surface area contributed by atoms with Crippen LogP contribution in [0.5, 0.6) is 0 Å². The molecule has 0 amide bonds. The molecule has 0 aliphatic carbocycles. The Balaban J connectivity index is 1.89. The summed E-state index contributed by atoms with van der Waals surface area (Å²) in [6.45, 7) is 0.575. The van der Waals surface area contributed by atoms with E-state index in [0.717, 1.165) is 11.1 Å². The van der Waals surface area contributed by atoms with E-state index in [2.05, 4.69) is 5.10 Å². The molecule has 0 radical (unpaired) electrons. The number of nitrogens with zero attached hydrogens (tertiary/aromatic N) is 2. The molecule has 0 fully saturated rings. The van der Waals surface area contributed by atoms with Gasteiger partial charge in [-0.15, -0.1) is 0 Å². The topological polar surface area (TPSA) is 43.8 Å². The number of hydrogen-bond acceptors (Lipinski definition) is 2. The molecule has 2 aromatic carbocycles. The van der Waals surface area contributed by atoms with E-state index in [0.29, 0.717) is 22.9 Å². The minimum Gasteiger partial charge on any atom is -0.396 e. The van der Waals surface area contributed by atoms with Crippen molar-refractivity contribution in [3.8, 4) is 11.3 Å². The fraction of sp³-hybridized carbons (Fsp3) is 0.0625. The molecule has 3 nitrogen and oxygen atoms in total. The molecule has 0 saturated carbocycles. The number of rotatable bonds is 3. The van der Waals surface area contributed by atoms with Gasteiger partial charge in [-0.2, -0.15) is 5.10 Å². The summed E-state index contributed by atoms with van der Waals surface area (Å²) in [5, 5.41) is 5.15. The molecule has 1 aromatic heterocycles. The van der Waals surface area contributed by atoms with Crippen LogP contribution in [0.2, 0.25) is 5.02 Å². The predicted molar refractivity (Wildman–Crippen MR) is 82.6 cm³/mol. The van der Waals surface area contributed by atoms with Crippen molar-refractivity contribution in [1.82, 2.24) is 9.78 Å². The average molecular weight is 302 g/mol. The Hall–Kier alpha value is -2.33. The van der Waals surface area contributed by atoms with Crippen molar-refractivity contribution in [2.24, 2.45) is 0 Å². The largest absolute Gasteiger partial charge is 0.396 e. The van der Waals surface area contributed by atoms with E-state index in [1.807, 2.05) is 24.3 Å². The van der Waals surface area contributed by atoms with Gasteiger partial charge in [0.1, 0.15) is 11.5 Å². The molecule has 106 valence electrons. The summed E-state index contributed by atoms with van der Waals surface area (Å²) >= 11 is 5.97. The minimum absolute atomic E-state index is 0.282. The Morgan fingerprint density at radius 2 is 1.90 bits per heavy atom. The lowest BCUT2D eigenvalue weighted by Gasteiger charge is -2.02. The SMILES string of the molecule is Nc1cn(Cc2cccc(Cl)c2)nc1-c1ccc(F)cc1. The highest BCUT2D eigenvalue weighted by molar-refractivity contribution is 6.30. The fourth-order valence-corrected chi connectivity index (χ4v) is 2.39. The van der Waals surface area contributed by atoms with Crippen LogP contribution in [0.4, 0.5) is 10.1 Å². The first kappa shape index (κ1) is 13.6. The van der Waals surface area contributed by atoms with E-state index in [-0.39, 0.29) is 5.82 Å². The van der Waals surface area contributed by atoms with E-state index in [1.165, 1.54) is 12.1 Å². The van der Waals surface area contributed by atoms with E-state index in [4.69, 9.17) is 17.3 Å². The number of halogens is 2. The first-order chi connectivity index (χ1) is 10.1. The summed E-state index contributed by atoms with van der Waals surface area (Å²) in [4.78, 5) is 0. The Morgan fingerprint density at radius 3 is 2.62 bits per heavy atom. The number of anilines is 1. The van der Waals surface area contributed by atoms with Gasteiger partial charge < -0.3 is 5.73 Å². The third-order valence-corrected chi connectivity index (χ3v) is 3.38. The van der Waals surface area contributed by atoms with Crippen molar-refractivity contribution in [3.63, 3.8) is 0 Å². The van der Waals surface area contributed by atoms with Gasteiger partial charge in [0.05, 0.1) is 12.2 Å². The number of nitrogens with two attached hydrogens (primary N) is 1. The normalized spacial score (nSPS) is 10.8. The Bertz CT molecular complexity index is 765. The van der Waals surface area contributed by atoms with Crippen LogP contribution in [-0.2, 0) is 6.54 Å². The van der Waals surface area contributed by atoms with Crippen molar-refractivity contribution in [1.29, 1.82) is 0 Å². The zero-order chi connectivity index (χ0) is 14.8. The van der Waals surface area contributed by atoms with Crippen LogP contribution in [0, 0.1) is 5.82 Å². The number of hydrogen-bond donors (Lipinski definition) is 1. The van der Waals surface area contributed by atoms with Crippen molar-refractivity contribution in [2.45, 2.75) is 6.54 Å². The van der Waals surface area contributed by atoms with Gasteiger partial charge in [0, 0.05) is 16.8 Å². The summed E-state index contributed by atoms with van der Waals surface area (Å²) in [7, 11) is 0. The van der Waals surface area contributed by atoms with E-state index < -0.39 is 0 Å². The fourth-order valence-electron chi connectivity index (χ4n) is 2.17. The molecule has 21 heavy (non-hydrogen) atoms. The van der Waals surface area contributed by atoms with Crippen LogP contribution in [-0.4, -0.2) is 9.78 Å². The van der Waals surface area contributed by atoms with E-state index in [1.54, 1.807) is 23.0 Å². The number of nitrogen functional groups attached to an aromatic ring is 1. The maximum atomic E-state index is 13.0. The monoisotopic (exact) mass is 301 g/mol. The quantitative estimate of drug-likeness (QED) is 0.795. The lowest BCUT2D eigenvalue weighted by molar-refractivity contribution is 0.628. The molecule has 0 spiro atoms. The Morgan fingerprint density at radius 1 is 1.14 bits per heavy atom. The van der Waals surface area contributed by atoms with Gasteiger partial charge in [-0.05, 0) is 42.0 Å². The van der Waals surface area contributed by atoms with E-state index >= 15 is 0 Å². The maximum absolute atomic E-state index is 13.0. The van der Waals surface area contributed by atoms with E-state index in [9.17, 15) is 4.39 Å². The van der Waals surface area contributed by atoms with Gasteiger partial charge in [-0.3, -0.25) is 4.68 Å². The molecule has 3 aromatic rings. The molecule has 0 aliphatic heterocycles. The van der Waals surface area contributed by atoms with Crippen LogP contribution in [0.15, 0.2) is 54.7 Å². The highest BCUT2D eigenvalue weighted by Crippen LogP contribution is 2.24. The predicted octanol–water partition coefficient (Wildman–Crippen LogP) is 3.97. The van der Waals surface area contributed by atoms with Crippen LogP contribution < -0.4 is 5.73 Å². The average Bonchev–Trinajstić information content (AvgIpc) is 2.80. The lowest BCUT2D eigenvalue weighted by atomic mass is 10.1. The molecule has 1 heterocycles. The minimum atomic E-state index is -0.282. The highest BCUT2D eigenvalue weighted by Gasteiger charge is 2.09. The molecule has 5 heteroatoms. The number of benzene rings is 2. The molecule has 0 saturated heterocycles. The number of aromatic nitrogens is 2. The first-order valence-corrected chi connectivity index (χ1v) is 6.83. The summed E-state index contributed by atoms with van der Waals surface area (Å²) in [6, 6.07) is 13.7. The molecule has 0 atom stereocenters. The smallest absolute Gasteiger partial charge is 0.123 e. The van der Waals surface area contributed by atoms with Gasteiger partial charge >= 0.3 is 0 Å². The van der Waals surface area contributed by atoms with Crippen molar-refractivity contribution in [2.75, 3.05) is 5.73 Å². The molecule has 0 bridgehead atoms. The standard InChI is InChI=1S/C16H13ClFN3/c17-13-3-1-2-11(8-13)9-21-10-15(19)16(20-21)12-4-6-14(18)7-5-12/h1-8,10H,9,19H2. The second-order valence-corrected chi connectivity index (χ2v) is 5.20. The molecular formula is C16H13ClFN3. The summed E-state index contributed by atoms with van der Waals surface area (Å²) in [5.41, 5.74) is 9.03. The van der Waals surface area contributed by atoms with Crippen molar-refractivity contribution in [3.05, 3.63) is 71.1 Å². The maximum Gasteiger partial charge on any atom is 0.123 e. The molecular weight excluding hydrogens is 289 g/mol. The van der Waals surface area contributed by atoms with Crippen LogP contribution in [0.3, 0.4) is 0 Å².